The summed E-state index contributed by atoms with van der Waals surface area (Å²) in [4.78, 5) is 10.6. The smallest absolute Gasteiger partial charge is 0.130 e. The van der Waals surface area contributed by atoms with Crippen molar-refractivity contribution in [2.24, 2.45) is 5.92 Å². The van der Waals surface area contributed by atoms with Gasteiger partial charge in [0.05, 0.1) is 5.60 Å². The fourth-order valence-electron chi connectivity index (χ4n) is 1.41. The third-order valence-electron chi connectivity index (χ3n) is 2.35. The molecule has 1 rings (SSSR count). The molecule has 0 bridgehead atoms. The first-order valence-electron chi connectivity index (χ1n) is 3.80. The molecule has 2 atom stereocenters. The van der Waals surface area contributed by atoms with Crippen LogP contribution in [-0.4, -0.2) is 16.5 Å². The Morgan fingerprint density at radius 3 is 2.70 bits per heavy atom. The lowest BCUT2D eigenvalue weighted by Gasteiger charge is -2.03. The molecule has 2 nitrogen and oxygen atoms in total. The highest BCUT2D eigenvalue weighted by Crippen LogP contribution is 2.48. The molecule has 1 aliphatic carbocycles. The van der Waals surface area contributed by atoms with Crippen molar-refractivity contribution in [3.05, 3.63) is 0 Å². The van der Waals surface area contributed by atoms with Crippen LogP contribution in [0.5, 0.6) is 0 Å². The quantitative estimate of drug-likeness (QED) is 0.641. The molecule has 0 radical (unpaired) electrons. The summed E-state index contributed by atoms with van der Waals surface area (Å²) in [6.45, 7) is 3.54. The number of carbonyl (C=O) groups excluding carboxylic acids is 1. The Balaban J connectivity index is 2.31. The first kappa shape index (κ1) is 7.73. The van der Waals surface area contributed by atoms with E-state index in [0.29, 0.717) is 6.42 Å². The van der Waals surface area contributed by atoms with Gasteiger partial charge < -0.3 is 9.90 Å². The van der Waals surface area contributed by atoms with Crippen LogP contribution in [0.4, 0.5) is 0 Å². The monoisotopic (exact) mass is 142 g/mol. The fourth-order valence-corrected chi connectivity index (χ4v) is 1.41. The Hall–Kier alpha value is -0.370. The zero-order valence-corrected chi connectivity index (χ0v) is 6.55. The Labute approximate surface area is 61.2 Å². The van der Waals surface area contributed by atoms with Crippen molar-refractivity contribution in [2.75, 3.05) is 0 Å². The van der Waals surface area contributed by atoms with Gasteiger partial charge in [-0.2, -0.15) is 0 Å². The number of aliphatic hydroxyl groups is 1. The second kappa shape index (κ2) is 2.35. The van der Waals surface area contributed by atoms with Crippen LogP contribution in [0, 0.1) is 5.92 Å². The van der Waals surface area contributed by atoms with Crippen LogP contribution in [0.25, 0.3) is 0 Å². The molecule has 10 heavy (non-hydrogen) atoms. The highest BCUT2D eigenvalue weighted by atomic mass is 16.3. The lowest BCUT2D eigenvalue weighted by molar-refractivity contribution is -0.117. The number of ketones is 1. The predicted molar refractivity (Wildman–Crippen MR) is 38.6 cm³/mol. The lowest BCUT2D eigenvalue weighted by Crippen LogP contribution is -2.10. The van der Waals surface area contributed by atoms with Gasteiger partial charge in [-0.25, -0.2) is 0 Å². The van der Waals surface area contributed by atoms with Gasteiger partial charge in [-0.3, -0.25) is 0 Å². The molecule has 0 heterocycles. The summed E-state index contributed by atoms with van der Waals surface area (Å²) in [5.74, 6) is 0.448. The third kappa shape index (κ3) is 1.37. The summed E-state index contributed by atoms with van der Waals surface area (Å²) in [7, 11) is 0. The van der Waals surface area contributed by atoms with Gasteiger partial charge in [-0.1, -0.05) is 6.92 Å². The molecule has 1 saturated carbocycles. The van der Waals surface area contributed by atoms with Crippen LogP contribution >= 0.6 is 0 Å². The van der Waals surface area contributed by atoms with Crippen LogP contribution in [-0.2, 0) is 4.79 Å². The van der Waals surface area contributed by atoms with E-state index in [4.69, 9.17) is 0 Å². The molecular weight excluding hydrogens is 128 g/mol. The van der Waals surface area contributed by atoms with Gasteiger partial charge in [0.25, 0.3) is 0 Å². The van der Waals surface area contributed by atoms with Gasteiger partial charge in [0.15, 0.2) is 0 Å². The second-order valence-electron chi connectivity index (χ2n) is 3.26. The van der Waals surface area contributed by atoms with E-state index in [1.807, 2.05) is 6.92 Å². The SMILES string of the molecule is CCC1(O)CC1CC(C)=O. The van der Waals surface area contributed by atoms with E-state index >= 15 is 0 Å². The molecule has 0 aromatic carbocycles. The van der Waals surface area contributed by atoms with Crippen molar-refractivity contribution in [3.8, 4) is 0 Å². The Morgan fingerprint density at radius 2 is 2.40 bits per heavy atom. The van der Waals surface area contributed by atoms with Crippen LogP contribution in [0.1, 0.15) is 33.1 Å². The molecule has 58 valence electrons. The van der Waals surface area contributed by atoms with E-state index in [9.17, 15) is 9.90 Å². The lowest BCUT2D eigenvalue weighted by atomic mass is 10.1. The minimum atomic E-state index is -0.480. The van der Waals surface area contributed by atoms with Gasteiger partial charge in [-0.15, -0.1) is 0 Å². The summed E-state index contributed by atoms with van der Waals surface area (Å²) in [6, 6.07) is 0. The molecule has 1 aliphatic rings. The molecule has 1 N–H and O–H groups in total. The van der Waals surface area contributed by atoms with Gasteiger partial charge >= 0.3 is 0 Å². The summed E-state index contributed by atoms with van der Waals surface area (Å²) in [5.41, 5.74) is -0.480. The van der Waals surface area contributed by atoms with Crippen molar-refractivity contribution in [3.63, 3.8) is 0 Å². The predicted octanol–water partition coefficient (Wildman–Crippen LogP) is 1.13. The van der Waals surface area contributed by atoms with E-state index in [1.54, 1.807) is 6.92 Å². The van der Waals surface area contributed by atoms with Crippen LogP contribution in [0.3, 0.4) is 0 Å². The van der Waals surface area contributed by atoms with Crippen molar-refractivity contribution >= 4 is 5.78 Å². The average Bonchev–Trinajstić information content (AvgIpc) is 2.43. The summed E-state index contributed by atoms with van der Waals surface area (Å²) in [6.07, 6.45) is 2.17. The van der Waals surface area contributed by atoms with E-state index in [1.165, 1.54) is 0 Å². The Morgan fingerprint density at radius 1 is 1.80 bits per heavy atom. The first-order chi connectivity index (χ1) is 4.58. The van der Waals surface area contributed by atoms with Gasteiger partial charge in [0.2, 0.25) is 0 Å². The van der Waals surface area contributed by atoms with Gasteiger partial charge in [-0.05, 0) is 25.7 Å². The Kier molecular flexibility index (Phi) is 1.82. The maximum atomic E-state index is 10.6. The molecular formula is C8H14O2. The fraction of sp³-hybridized carbons (Fsp3) is 0.875. The molecule has 0 aromatic rings. The van der Waals surface area contributed by atoms with Crippen molar-refractivity contribution < 1.29 is 9.90 Å². The van der Waals surface area contributed by atoms with Gasteiger partial charge in [0.1, 0.15) is 5.78 Å². The van der Waals surface area contributed by atoms with E-state index in [0.717, 1.165) is 12.8 Å². The topological polar surface area (TPSA) is 37.3 Å². The maximum absolute atomic E-state index is 10.6. The molecule has 0 saturated heterocycles. The molecule has 1 fully saturated rings. The van der Waals surface area contributed by atoms with Crippen LogP contribution in [0.2, 0.25) is 0 Å². The van der Waals surface area contributed by atoms with Crippen LogP contribution < -0.4 is 0 Å². The molecule has 2 unspecified atom stereocenters. The minimum absolute atomic E-state index is 0.189. The zero-order chi connectivity index (χ0) is 7.78. The first-order valence-corrected chi connectivity index (χ1v) is 3.80. The number of rotatable bonds is 3. The molecule has 2 heteroatoms. The van der Waals surface area contributed by atoms with E-state index in [2.05, 4.69) is 0 Å². The average molecular weight is 142 g/mol. The Bertz CT molecular complexity index is 153. The maximum Gasteiger partial charge on any atom is 0.130 e. The highest BCUT2D eigenvalue weighted by molar-refractivity contribution is 5.76. The molecule has 0 aromatic heterocycles. The number of carbonyl (C=O) groups is 1. The number of hydrogen-bond acceptors (Lipinski definition) is 2. The zero-order valence-electron chi connectivity index (χ0n) is 6.55. The minimum Gasteiger partial charge on any atom is -0.390 e. The van der Waals surface area contributed by atoms with Gasteiger partial charge in [0, 0.05) is 6.42 Å². The largest absolute Gasteiger partial charge is 0.390 e. The van der Waals surface area contributed by atoms with Crippen molar-refractivity contribution in [1.29, 1.82) is 0 Å². The summed E-state index contributed by atoms with van der Waals surface area (Å²) < 4.78 is 0. The molecule has 0 spiro atoms. The van der Waals surface area contributed by atoms with Crippen LogP contribution in [0.15, 0.2) is 0 Å². The number of Topliss-reactive ketones (excluding diaryl/α,β-unsaturated/α-hetero) is 1. The van der Waals surface area contributed by atoms with Crippen molar-refractivity contribution in [2.45, 2.75) is 38.7 Å². The third-order valence-corrected chi connectivity index (χ3v) is 2.35. The second-order valence-corrected chi connectivity index (χ2v) is 3.26. The van der Waals surface area contributed by atoms with E-state index < -0.39 is 5.60 Å². The molecule has 0 aliphatic heterocycles. The summed E-state index contributed by atoms with van der Waals surface area (Å²) in [5, 5.41) is 9.49. The van der Waals surface area contributed by atoms with E-state index in [-0.39, 0.29) is 11.7 Å². The highest BCUT2D eigenvalue weighted by Gasteiger charge is 2.51. The standard InChI is InChI=1S/C8H14O2/c1-3-8(10)5-7(8)4-6(2)9/h7,10H,3-5H2,1-2H3. The summed E-state index contributed by atoms with van der Waals surface area (Å²) >= 11 is 0. The molecule has 0 amide bonds. The normalized spacial score (nSPS) is 37.7. The van der Waals surface area contributed by atoms with Crippen molar-refractivity contribution in [1.82, 2.24) is 0 Å². The number of hydrogen-bond donors (Lipinski definition) is 1.